The summed E-state index contributed by atoms with van der Waals surface area (Å²) >= 11 is 0. The van der Waals surface area contributed by atoms with Gasteiger partial charge in [-0.25, -0.2) is 0 Å². The first-order valence-electron chi connectivity index (χ1n) is 11.0. The molecule has 0 spiro atoms. The van der Waals surface area contributed by atoms with E-state index >= 15 is 0 Å². The first kappa shape index (κ1) is 17.7. The van der Waals surface area contributed by atoms with Crippen molar-refractivity contribution in [1.29, 1.82) is 0 Å². The molecule has 146 valence electrons. The molecule has 1 aromatic heterocycles. The second-order valence-corrected chi connectivity index (χ2v) is 9.40. The lowest BCUT2D eigenvalue weighted by Gasteiger charge is -2.40. The molecule has 3 aliphatic rings. The molecule has 3 fully saturated rings. The van der Waals surface area contributed by atoms with Gasteiger partial charge in [-0.2, -0.15) is 5.10 Å². The maximum absolute atomic E-state index is 6.25. The Kier molecular flexibility index (Phi) is 4.73. The lowest BCUT2D eigenvalue weighted by atomic mass is 9.98. The Balaban J connectivity index is 1.20. The molecule has 4 nitrogen and oxygen atoms in total. The minimum Gasteiger partial charge on any atom is -0.378 e. The van der Waals surface area contributed by atoms with E-state index in [2.05, 4.69) is 46.7 Å². The fourth-order valence-electron chi connectivity index (χ4n) is 5.39. The molecule has 2 aliphatic heterocycles. The normalized spacial score (nSPS) is 29.5. The van der Waals surface area contributed by atoms with Gasteiger partial charge in [0.1, 0.15) is 0 Å². The minimum absolute atomic E-state index is 0.521. The lowest BCUT2D eigenvalue weighted by Crippen LogP contribution is -2.47. The Morgan fingerprint density at radius 2 is 1.89 bits per heavy atom. The van der Waals surface area contributed by atoms with Crippen LogP contribution in [0.5, 0.6) is 0 Å². The predicted molar refractivity (Wildman–Crippen MR) is 109 cm³/mol. The van der Waals surface area contributed by atoms with Crippen molar-refractivity contribution in [2.75, 3.05) is 13.2 Å². The van der Waals surface area contributed by atoms with Crippen molar-refractivity contribution in [2.45, 2.75) is 77.1 Å². The predicted octanol–water partition coefficient (Wildman–Crippen LogP) is 4.40. The van der Waals surface area contributed by atoms with Gasteiger partial charge in [-0.1, -0.05) is 25.1 Å². The summed E-state index contributed by atoms with van der Waals surface area (Å²) < 4.78 is 8.47. The van der Waals surface area contributed by atoms with Gasteiger partial charge in [0.15, 0.2) is 0 Å². The quantitative estimate of drug-likeness (QED) is 0.726. The summed E-state index contributed by atoms with van der Waals surface area (Å²) in [7, 11) is 0. The Bertz CT molecular complexity index is 782. The highest BCUT2D eigenvalue weighted by Crippen LogP contribution is 2.38. The van der Waals surface area contributed by atoms with Crippen molar-refractivity contribution in [2.24, 2.45) is 11.8 Å². The van der Waals surface area contributed by atoms with E-state index in [4.69, 9.17) is 4.74 Å². The van der Waals surface area contributed by atoms with Crippen LogP contribution in [0, 0.1) is 18.8 Å². The van der Waals surface area contributed by atoms with Crippen LogP contribution in [-0.4, -0.2) is 46.0 Å². The molecule has 5 rings (SSSR count). The molecule has 0 radical (unpaired) electrons. The minimum atomic E-state index is 0.521. The molecule has 0 N–H and O–H groups in total. The van der Waals surface area contributed by atoms with E-state index in [0.717, 1.165) is 31.2 Å². The molecule has 1 aliphatic carbocycles. The molecule has 1 unspecified atom stereocenters. The molecule has 1 aromatic carbocycles. The number of piperidine rings is 1. The monoisotopic (exact) mass is 367 g/mol. The number of hydrogen-bond donors (Lipinski definition) is 0. The number of aryl methyl sites for hydroxylation is 1. The molecule has 3 heterocycles. The van der Waals surface area contributed by atoms with Gasteiger partial charge >= 0.3 is 0 Å². The van der Waals surface area contributed by atoms with Crippen LogP contribution >= 0.6 is 0 Å². The summed E-state index contributed by atoms with van der Waals surface area (Å²) in [5, 5.41) is 5.94. The highest BCUT2D eigenvalue weighted by atomic mass is 16.5. The highest BCUT2D eigenvalue weighted by Gasteiger charge is 2.41. The topological polar surface area (TPSA) is 30.3 Å². The van der Waals surface area contributed by atoms with Crippen molar-refractivity contribution in [1.82, 2.24) is 14.7 Å². The van der Waals surface area contributed by atoms with E-state index in [1.165, 1.54) is 61.5 Å². The molecule has 1 saturated carbocycles. The Morgan fingerprint density at radius 1 is 1.11 bits per heavy atom. The Morgan fingerprint density at radius 3 is 2.63 bits per heavy atom. The van der Waals surface area contributed by atoms with Gasteiger partial charge in [-0.3, -0.25) is 9.58 Å². The van der Waals surface area contributed by atoms with Gasteiger partial charge in [-0.05, 0) is 62.8 Å². The van der Waals surface area contributed by atoms with Crippen LogP contribution < -0.4 is 0 Å². The largest absolute Gasteiger partial charge is 0.378 e. The van der Waals surface area contributed by atoms with Crippen LogP contribution in [0.15, 0.2) is 24.4 Å². The summed E-state index contributed by atoms with van der Waals surface area (Å²) in [6.07, 6.45) is 10.6. The fourth-order valence-corrected chi connectivity index (χ4v) is 5.39. The SMILES string of the molecule is Cc1cccc2cnn(C[C@H](C)CN3[C@@H]4CC[C@H]3CC(OCC3CC3)C4)c12. The molecular formula is C23H33N3O. The van der Waals surface area contributed by atoms with Gasteiger partial charge < -0.3 is 4.74 Å². The van der Waals surface area contributed by atoms with Gasteiger partial charge in [-0.15, -0.1) is 0 Å². The van der Waals surface area contributed by atoms with Crippen molar-refractivity contribution < 1.29 is 4.74 Å². The number of nitrogens with zero attached hydrogens (tertiary/aromatic N) is 3. The molecule has 2 aromatic rings. The Labute approximate surface area is 162 Å². The molecule has 4 heteroatoms. The van der Waals surface area contributed by atoms with E-state index in [0.29, 0.717) is 12.0 Å². The van der Waals surface area contributed by atoms with Crippen LogP contribution in [0.3, 0.4) is 0 Å². The number of benzene rings is 1. The van der Waals surface area contributed by atoms with Gasteiger partial charge in [0.2, 0.25) is 0 Å². The first-order valence-corrected chi connectivity index (χ1v) is 11.0. The third-order valence-electron chi connectivity index (χ3n) is 6.98. The van der Waals surface area contributed by atoms with Gasteiger partial charge in [0.25, 0.3) is 0 Å². The number of para-hydroxylation sites is 1. The standard InChI is InChI=1S/C23H33N3O/c1-16(14-26-23-17(2)4-3-5-19(23)12-24-26)13-25-20-8-9-21(25)11-22(10-20)27-15-18-6-7-18/h3-5,12,16,18,20-22H,6-11,13-15H2,1-2H3/t16-,20-,21+,22?/m1/s1. The maximum atomic E-state index is 6.25. The summed E-state index contributed by atoms with van der Waals surface area (Å²) in [5.41, 5.74) is 2.63. The van der Waals surface area contributed by atoms with E-state index < -0.39 is 0 Å². The summed E-state index contributed by atoms with van der Waals surface area (Å²) in [5.74, 6) is 1.49. The van der Waals surface area contributed by atoms with Crippen LogP contribution in [0.25, 0.3) is 10.9 Å². The molecule has 0 amide bonds. The van der Waals surface area contributed by atoms with Gasteiger partial charge in [0, 0.05) is 37.2 Å². The molecule has 2 bridgehead atoms. The van der Waals surface area contributed by atoms with Crippen molar-refractivity contribution in [3.63, 3.8) is 0 Å². The van der Waals surface area contributed by atoms with E-state index in [1.54, 1.807) is 0 Å². The van der Waals surface area contributed by atoms with Crippen molar-refractivity contribution >= 4 is 10.9 Å². The average molecular weight is 368 g/mol. The molecule has 2 saturated heterocycles. The average Bonchev–Trinajstić information content (AvgIpc) is 3.35. The number of rotatable bonds is 7. The fraction of sp³-hybridized carbons (Fsp3) is 0.696. The third-order valence-corrected chi connectivity index (χ3v) is 6.98. The second kappa shape index (κ2) is 7.21. The van der Waals surface area contributed by atoms with Crippen LogP contribution in [0.4, 0.5) is 0 Å². The van der Waals surface area contributed by atoms with Crippen LogP contribution in [-0.2, 0) is 11.3 Å². The maximum Gasteiger partial charge on any atom is 0.0711 e. The molecule has 27 heavy (non-hydrogen) atoms. The van der Waals surface area contributed by atoms with E-state index in [9.17, 15) is 0 Å². The zero-order valence-corrected chi connectivity index (χ0v) is 16.8. The number of hydrogen-bond acceptors (Lipinski definition) is 3. The highest BCUT2D eigenvalue weighted by molar-refractivity contribution is 5.81. The molecule has 4 atom stereocenters. The van der Waals surface area contributed by atoms with Crippen LogP contribution in [0.2, 0.25) is 0 Å². The van der Waals surface area contributed by atoms with Crippen molar-refractivity contribution in [3.05, 3.63) is 30.0 Å². The lowest BCUT2D eigenvalue weighted by molar-refractivity contribution is -0.0276. The zero-order valence-electron chi connectivity index (χ0n) is 16.8. The zero-order chi connectivity index (χ0) is 18.4. The van der Waals surface area contributed by atoms with E-state index in [1.807, 2.05) is 6.20 Å². The smallest absolute Gasteiger partial charge is 0.0711 e. The van der Waals surface area contributed by atoms with Gasteiger partial charge in [0.05, 0.1) is 17.8 Å². The number of aromatic nitrogens is 2. The summed E-state index contributed by atoms with van der Waals surface area (Å²) in [6, 6.07) is 7.97. The van der Waals surface area contributed by atoms with Crippen molar-refractivity contribution in [3.8, 4) is 0 Å². The third kappa shape index (κ3) is 3.66. The summed E-state index contributed by atoms with van der Waals surface area (Å²) in [4.78, 5) is 2.81. The second-order valence-electron chi connectivity index (χ2n) is 9.40. The summed E-state index contributed by atoms with van der Waals surface area (Å²) in [6.45, 7) is 7.80. The first-order chi connectivity index (χ1) is 13.2. The number of fused-ring (bicyclic) bond motifs is 3. The van der Waals surface area contributed by atoms with Crippen LogP contribution in [0.1, 0.15) is 51.0 Å². The molecular weight excluding hydrogens is 334 g/mol. The number of ether oxygens (including phenoxy) is 1. The Hall–Kier alpha value is -1.39. The van der Waals surface area contributed by atoms with E-state index in [-0.39, 0.29) is 0 Å².